The Hall–Kier alpha value is -2.55. The van der Waals surface area contributed by atoms with Crippen LogP contribution < -0.4 is 10.1 Å². The fraction of sp³-hybridized carbons (Fsp3) is 0.286. The van der Waals surface area contributed by atoms with E-state index in [1.807, 2.05) is 0 Å². The lowest BCUT2D eigenvalue weighted by atomic mass is 10.2. The maximum atomic E-state index is 11.5. The van der Waals surface area contributed by atoms with Gasteiger partial charge in [0.05, 0.1) is 19.2 Å². The van der Waals surface area contributed by atoms with Gasteiger partial charge in [-0.05, 0) is 30.7 Å². The van der Waals surface area contributed by atoms with E-state index in [9.17, 15) is 14.7 Å². The highest BCUT2D eigenvalue weighted by Crippen LogP contribution is 2.26. The van der Waals surface area contributed by atoms with Crippen molar-refractivity contribution in [1.29, 1.82) is 0 Å². The fourth-order valence-corrected chi connectivity index (χ4v) is 2.69. The number of aliphatic carboxylic acids is 1. The number of carbonyl (C=O) groups excluding carboxylic acids is 1. The number of nitrogens with one attached hydrogen (secondary N) is 1. The maximum Gasteiger partial charge on any atom is 0.305 e. The maximum absolute atomic E-state index is 11.5. The third kappa shape index (κ3) is 4.71. The Kier molecular flexibility index (Phi) is 5.58. The molecular formula is C14H15N3O5S. The van der Waals surface area contributed by atoms with Gasteiger partial charge in [-0.1, -0.05) is 11.8 Å². The van der Waals surface area contributed by atoms with Crippen molar-refractivity contribution in [3.8, 4) is 11.5 Å². The smallest absolute Gasteiger partial charge is 0.305 e. The number of nitrogens with zero attached hydrogens (tertiary/aromatic N) is 2. The summed E-state index contributed by atoms with van der Waals surface area (Å²) in [6.07, 6.45) is 1.17. The minimum atomic E-state index is -1.05. The van der Waals surface area contributed by atoms with E-state index in [1.165, 1.54) is 12.3 Å². The minimum absolute atomic E-state index is 0.0328. The van der Waals surface area contributed by atoms with E-state index in [0.717, 1.165) is 11.8 Å². The molecule has 1 aliphatic heterocycles. The Morgan fingerprint density at radius 3 is 3.00 bits per heavy atom. The molecule has 1 atom stereocenters. The highest BCUT2D eigenvalue weighted by atomic mass is 32.2. The summed E-state index contributed by atoms with van der Waals surface area (Å²) in [6, 6.07) is 4.72. The number of amidine groups is 1. The van der Waals surface area contributed by atoms with Crippen molar-refractivity contribution >= 4 is 35.0 Å². The summed E-state index contributed by atoms with van der Waals surface area (Å²) in [6.45, 7) is 2.23. The number of carboxylic acids is 1. The van der Waals surface area contributed by atoms with E-state index in [1.54, 1.807) is 19.1 Å². The van der Waals surface area contributed by atoms with Crippen molar-refractivity contribution in [3.63, 3.8) is 0 Å². The molecule has 2 rings (SSSR count). The number of phenols is 1. The topological polar surface area (TPSA) is 121 Å². The number of thioether (sulfide) groups is 1. The number of phenolic OH excluding ortho intramolecular Hbond substituents is 1. The van der Waals surface area contributed by atoms with Gasteiger partial charge in [-0.3, -0.25) is 9.59 Å². The van der Waals surface area contributed by atoms with Crippen LogP contribution in [-0.2, 0) is 9.59 Å². The summed E-state index contributed by atoms with van der Waals surface area (Å²) < 4.78 is 5.26. The first kappa shape index (κ1) is 16.8. The van der Waals surface area contributed by atoms with Crippen LogP contribution in [0.4, 0.5) is 0 Å². The largest absolute Gasteiger partial charge is 0.504 e. The Morgan fingerprint density at radius 2 is 2.30 bits per heavy atom. The molecule has 1 unspecified atom stereocenters. The molecule has 1 amide bonds. The van der Waals surface area contributed by atoms with Gasteiger partial charge in [-0.15, -0.1) is 5.10 Å². The van der Waals surface area contributed by atoms with Crippen LogP contribution in [0.1, 0.15) is 18.9 Å². The number of rotatable bonds is 6. The van der Waals surface area contributed by atoms with Crippen molar-refractivity contribution in [2.24, 2.45) is 10.2 Å². The summed E-state index contributed by atoms with van der Waals surface area (Å²) >= 11 is 1.03. The lowest BCUT2D eigenvalue weighted by Crippen LogP contribution is -2.26. The number of carbonyl (C=O) groups is 2. The summed E-state index contributed by atoms with van der Waals surface area (Å²) in [5.74, 6) is -1.07. The fourth-order valence-electron chi connectivity index (χ4n) is 1.78. The summed E-state index contributed by atoms with van der Waals surface area (Å²) in [5.41, 5.74) is 0.659. The van der Waals surface area contributed by atoms with Gasteiger partial charge in [-0.2, -0.15) is 5.10 Å². The average molecular weight is 337 g/mol. The Balaban J connectivity index is 2.02. The second kappa shape index (κ2) is 7.63. The highest BCUT2D eigenvalue weighted by Gasteiger charge is 2.32. The molecule has 1 fully saturated rings. The SMILES string of the molecule is CCOc1cc(C=NN=C2NC(=O)C(CC(=O)O)S2)ccc1O. The molecule has 122 valence electrons. The van der Waals surface area contributed by atoms with Gasteiger partial charge >= 0.3 is 5.97 Å². The van der Waals surface area contributed by atoms with Crippen molar-refractivity contribution in [3.05, 3.63) is 23.8 Å². The van der Waals surface area contributed by atoms with Crippen LogP contribution in [0.3, 0.4) is 0 Å². The van der Waals surface area contributed by atoms with E-state index in [0.29, 0.717) is 17.9 Å². The molecule has 1 aromatic carbocycles. The first-order chi connectivity index (χ1) is 11.0. The Bertz CT molecular complexity index is 674. The predicted molar refractivity (Wildman–Crippen MR) is 86.1 cm³/mol. The molecule has 3 N–H and O–H groups in total. The van der Waals surface area contributed by atoms with E-state index >= 15 is 0 Å². The van der Waals surface area contributed by atoms with Crippen LogP contribution in [0, 0.1) is 0 Å². The number of hydrogen-bond donors (Lipinski definition) is 3. The lowest BCUT2D eigenvalue weighted by molar-refractivity contribution is -0.138. The highest BCUT2D eigenvalue weighted by molar-refractivity contribution is 8.15. The normalized spacial score (nSPS) is 19.3. The van der Waals surface area contributed by atoms with Crippen LogP contribution >= 0.6 is 11.8 Å². The zero-order chi connectivity index (χ0) is 16.8. The minimum Gasteiger partial charge on any atom is -0.504 e. The van der Waals surface area contributed by atoms with Gasteiger partial charge < -0.3 is 20.3 Å². The second-order valence-electron chi connectivity index (χ2n) is 4.50. The number of ether oxygens (including phenoxy) is 1. The van der Waals surface area contributed by atoms with Crippen LogP contribution in [0.2, 0.25) is 0 Å². The third-order valence-corrected chi connectivity index (χ3v) is 3.85. The lowest BCUT2D eigenvalue weighted by Gasteiger charge is -2.05. The molecule has 0 bridgehead atoms. The van der Waals surface area contributed by atoms with Crippen LogP contribution in [-0.4, -0.2) is 45.3 Å². The third-order valence-electron chi connectivity index (χ3n) is 2.78. The number of benzene rings is 1. The molecule has 1 saturated heterocycles. The molecule has 0 spiro atoms. The van der Waals surface area contributed by atoms with Crippen molar-refractivity contribution < 1.29 is 24.5 Å². The number of carboxylic acid groups (broad SMARTS) is 1. The van der Waals surface area contributed by atoms with Gasteiger partial charge in [0.25, 0.3) is 0 Å². The summed E-state index contributed by atoms with van der Waals surface area (Å²) in [7, 11) is 0. The van der Waals surface area contributed by atoms with Crippen LogP contribution in [0.15, 0.2) is 28.4 Å². The molecule has 0 aliphatic carbocycles. The molecule has 0 saturated carbocycles. The molecule has 23 heavy (non-hydrogen) atoms. The molecule has 1 aliphatic rings. The van der Waals surface area contributed by atoms with E-state index in [2.05, 4.69) is 15.5 Å². The summed E-state index contributed by atoms with van der Waals surface area (Å²) in [4.78, 5) is 22.2. The van der Waals surface area contributed by atoms with Gasteiger partial charge in [0.15, 0.2) is 16.7 Å². The van der Waals surface area contributed by atoms with Gasteiger partial charge in [-0.25, -0.2) is 0 Å². The number of aromatic hydroxyl groups is 1. The summed E-state index contributed by atoms with van der Waals surface area (Å²) in [5, 5.41) is 28.0. The van der Waals surface area contributed by atoms with Gasteiger partial charge in [0.1, 0.15) is 5.25 Å². The standard InChI is InChI=1S/C14H15N3O5S/c1-2-22-10-5-8(3-4-9(10)18)7-15-17-14-16-13(21)11(23-14)6-12(19)20/h3-5,7,11,18H,2,6H2,1H3,(H,19,20)(H,16,17,21). The monoisotopic (exact) mass is 337 g/mol. The van der Waals surface area contributed by atoms with Crippen molar-refractivity contribution in [1.82, 2.24) is 5.32 Å². The van der Waals surface area contributed by atoms with E-state index < -0.39 is 17.1 Å². The quantitative estimate of drug-likeness (QED) is 0.529. The molecule has 1 aromatic rings. The molecule has 1 heterocycles. The molecule has 0 aromatic heterocycles. The van der Waals surface area contributed by atoms with E-state index in [-0.39, 0.29) is 17.3 Å². The van der Waals surface area contributed by atoms with Gasteiger partial charge in [0.2, 0.25) is 5.91 Å². The molecule has 8 nitrogen and oxygen atoms in total. The second-order valence-corrected chi connectivity index (χ2v) is 5.69. The Morgan fingerprint density at radius 1 is 1.52 bits per heavy atom. The zero-order valence-corrected chi connectivity index (χ0v) is 13.0. The number of hydrogen-bond acceptors (Lipinski definition) is 7. The molecule has 9 heteroatoms. The number of amides is 1. The Labute approximate surface area is 136 Å². The van der Waals surface area contributed by atoms with E-state index in [4.69, 9.17) is 9.84 Å². The van der Waals surface area contributed by atoms with Crippen LogP contribution in [0.5, 0.6) is 11.5 Å². The average Bonchev–Trinajstić information content (AvgIpc) is 2.82. The van der Waals surface area contributed by atoms with Gasteiger partial charge in [0, 0.05) is 0 Å². The first-order valence-electron chi connectivity index (χ1n) is 6.75. The zero-order valence-electron chi connectivity index (χ0n) is 12.2. The first-order valence-corrected chi connectivity index (χ1v) is 7.63. The molecule has 0 radical (unpaired) electrons. The van der Waals surface area contributed by atoms with Crippen molar-refractivity contribution in [2.75, 3.05) is 6.61 Å². The molecular weight excluding hydrogens is 322 g/mol. The van der Waals surface area contributed by atoms with Crippen LogP contribution in [0.25, 0.3) is 0 Å². The predicted octanol–water partition coefficient (Wildman–Crippen LogP) is 1.19. The van der Waals surface area contributed by atoms with Crippen molar-refractivity contribution in [2.45, 2.75) is 18.6 Å².